The molecular weight excluding hydrogens is 234 g/mol. The Labute approximate surface area is 115 Å². The summed E-state index contributed by atoms with van der Waals surface area (Å²) in [6.45, 7) is 6.39. The Morgan fingerprint density at radius 2 is 1.74 bits per heavy atom. The fraction of sp³-hybridized carbons (Fsp3) is 0.294. The summed E-state index contributed by atoms with van der Waals surface area (Å²) >= 11 is 0. The van der Waals surface area contributed by atoms with E-state index in [-0.39, 0.29) is 6.04 Å². The monoisotopic (exact) mass is 255 g/mol. The van der Waals surface area contributed by atoms with Gasteiger partial charge >= 0.3 is 0 Å². The molecule has 1 unspecified atom stereocenters. The molecule has 0 saturated carbocycles. The van der Waals surface area contributed by atoms with Crippen LogP contribution in [0.5, 0.6) is 5.75 Å². The molecule has 1 atom stereocenters. The van der Waals surface area contributed by atoms with Crippen molar-refractivity contribution >= 4 is 5.69 Å². The number of nitrogens with one attached hydrogen (secondary N) is 1. The third kappa shape index (κ3) is 3.28. The first-order chi connectivity index (χ1) is 9.10. The molecule has 2 rings (SSSR count). The van der Waals surface area contributed by atoms with Crippen LogP contribution in [0.1, 0.15) is 36.1 Å². The van der Waals surface area contributed by atoms with E-state index in [0.29, 0.717) is 5.75 Å². The van der Waals surface area contributed by atoms with Gasteiger partial charge in [0, 0.05) is 5.69 Å². The first-order valence-corrected chi connectivity index (χ1v) is 6.73. The fourth-order valence-corrected chi connectivity index (χ4v) is 2.29. The van der Waals surface area contributed by atoms with Gasteiger partial charge in [-0.25, -0.2) is 0 Å². The second-order valence-electron chi connectivity index (χ2n) is 5.02. The van der Waals surface area contributed by atoms with Crippen LogP contribution in [0.25, 0.3) is 0 Å². The molecule has 0 amide bonds. The van der Waals surface area contributed by atoms with E-state index in [9.17, 15) is 5.11 Å². The molecular formula is C17H21NO. The number of rotatable bonds is 4. The molecule has 2 nitrogen and oxygen atoms in total. The first-order valence-electron chi connectivity index (χ1n) is 6.73. The lowest BCUT2D eigenvalue weighted by molar-refractivity contribution is 0.475. The fourth-order valence-electron chi connectivity index (χ4n) is 2.29. The highest BCUT2D eigenvalue weighted by Crippen LogP contribution is 2.26. The molecule has 2 aromatic rings. The molecule has 2 heteroatoms. The number of phenolic OH excluding ortho intramolecular Hbond substituents is 1. The lowest BCUT2D eigenvalue weighted by Gasteiger charge is -2.20. The molecule has 2 N–H and O–H groups in total. The molecule has 0 saturated heterocycles. The minimum Gasteiger partial charge on any atom is -0.508 e. The highest BCUT2D eigenvalue weighted by atomic mass is 16.3. The highest BCUT2D eigenvalue weighted by Gasteiger charge is 2.10. The van der Waals surface area contributed by atoms with E-state index in [2.05, 4.69) is 44.3 Å². The van der Waals surface area contributed by atoms with Crippen molar-refractivity contribution in [1.82, 2.24) is 0 Å². The predicted octanol–water partition coefficient (Wildman–Crippen LogP) is 4.57. The van der Waals surface area contributed by atoms with Crippen molar-refractivity contribution in [3.05, 3.63) is 59.2 Å². The molecule has 0 aliphatic heterocycles. The molecule has 0 bridgehead atoms. The van der Waals surface area contributed by atoms with Crippen LogP contribution >= 0.6 is 0 Å². The Morgan fingerprint density at radius 1 is 1.05 bits per heavy atom. The normalized spacial score (nSPS) is 12.2. The van der Waals surface area contributed by atoms with Gasteiger partial charge in [-0.2, -0.15) is 0 Å². The van der Waals surface area contributed by atoms with Crippen LogP contribution in [0.2, 0.25) is 0 Å². The van der Waals surface area contributed by atoms with Crippen LogP contribution in [0.15, 0.2) is 42.5 Å². The van der Waals surface area contributed by atoms with Crippen molar-refractivity contribution in [3.63, 3.8) is 0 Å². The summed E-state index contributed by atoms with van der Waals surface area (Å²) < 4.78 is 0. The number of aromatic hydroxyl groups is 1. The van der Waals surface area contributed by atoms with E-state index in [1.54, 1.807) is 12.1 Å². The number of hydrogen-bond acceptors (Lipinski definition) is 2. The van der Waals surface area contributed by atoms with Gasteiger partial charge in [-0.3, -0.25) is 0 Å². The lowest BCUT2D eigenvalue weighted by atomic mass is 10.0. The zero-order valence-corrected chi connectivity index (χ0v) is 11.8. The Morgan fingerprint density at radius 3 is 2.32 bits per heavy atom. The van der Waals surface area contributed by atoms with Gasteiger partial charge in [-0.15, -0.1) is 0 Å². The number of hydrogen-bond donors (Lipinski definition) is 2. The number of phenols is 1. The highest BCUT2D eigenvalue weighted by molar-refractivity contribution is 5.53. The van der Waals surface area contributed by atoms with Crippen LogP contribution in [0, 0.1) is 13.8 Å². The third-order valence-electron chi connectivity index (χ3n) is 3.42. The zero-order valence-electron chi connectivity index (χ0n) is 11.8. The zero-order chi connectivity index (χ0) is 13.8. The van der Waals surface area contributed by atoms with Crippen LogP contribution in [0.4, 0.5) is 5.69 Å². The van der Waals surface area contributed by atoms with Gasteiger partial charge in [0.05, 0.1) is 6.04 Å². The molecule has 0 radical (unpaired) electrons. The Hall–Kier alpha value is -1.96. The van der Waals surface area contributed by atoms with Gasteiger partial charge in [0.1, 0.15) is 5.75 Å². The van der Waals surface area contributed by atoms with E-state index >= 15 is 0 Å². The number of anilines is 1. The largest absolute Gasteiger partial charge is 0.508 e. The van der Waals surface area contributed by atoms with Gasteiger partial charge in [0.15, 0.2) is 0 Å². The molecule has 0 aliphatic carbocycles. The van der Waals surface area contributed by atoms with Crippen LogP contribution in [-0.2, 0) is 0 Å². The van der Waals surface area contributed by atoms with Crippen LogP contribution in [-0.4, -0.2) is 5.11 Å². The second kappa shape index (κ2) is 5.79. The molecule has 19 heavy (non-hydrogen) atoms. The van der Waals surface area contributed by atoms with Crippen LogP contribution < -0.4 is 5.32 Å². The SMILES string of the molecule is CCC(Nc1ccc(C)cc1C)c1ccc(O)cc1. The number of aryl methyl sites for hydroxylation is 2. The smallest absolute Gasteiger partial charge is 0.115 e. The van der Waals surface area contributed by atoms with Crippen molar-refractivity contribution in [1.29, 1.82) is 0 Å². The average molecular weight is 255 g/mol. The summed E-state index contributed by atoms with van der Waals surface area (Å²) in [6, 6.07) is 14.1. The van der Waals surface area contributed by atoms with Gasteiger partial charge in [-0.1, -0.05) is 36.8 Å². The summed E-state index contributed by atoms with van der Waals surface area (Å²) in [4.78, 5) is 0. The second-order valence-corrected chi connectivity index (χ2v) is 5.02. The Kier molecular flexibility index (Phi) is 4.10. The molecule has 100 valence electrons. The topological polar surface area (TPSA) is 32.3 Å². The molecule has 0 aromatic heterocycles. The van der Waals surface area contributed by atoms with Crippen molar-refractivity contribution in [3.8, 4) is 5.75 Å². The number of benzene rings is 2. The predicted molar refractivity (Wildman–Crippen MR) is 80.7 cm³/mol. The van der Waals surface area contributed by atoms with Gasteiger partial charge < -0.3 is 10.4 Å². The Bertz CT molecular complexity index is 546. The van der Waals surface area contributed by atoms with Crippen molar-refractivity contribution < 1.29 is 5.11 Å². The van der Waals surface area contributed by atoms with Crippen LogP contribution in [0.3, 0.4) is 0 Å². The van der Waals surface area contributed by atoms with Crippen molar-refractivity contribution in [2.45, 2.75) is 33.2 Å². The van der Waals surface area contributed by atoms with Crippen molar-refractivity contribution in [2.24, 2.45) is 0 Å². The summed E-state index contributed by atoms with van der Waals surface area (Å²) in [6.07, 6.45) is 0.998. The average Bonchev–Trinajstić information content (AvgIpc) is 2.39. The van der Waals surface area contributed by atoms with E-state index in [0.717, 1.165) is 6.42 Å². The quantitative estimate of drug-likeness (QED) is 0.838. The summed E-state index contributed by atoms with van der Waals surface area (Å²) in [7, 11) is 0. The minimum atomic E-state index is 0.266. The molecule has 0 spiro atoms. The van der Waals surface area contributed by atoms with Gasteiger partial charge in [-0.05, 0) is 49.6 Å². The van der Waals surface area contributed by atoms with E-state index in [1.165, 1.54) is 22.4 Å². The third-order valence-corrected chi connectivity index (χ3v) is 3.42. The summed E-state index contributed by atoms with van der Waals surface area (Å²) in [5, 5.41) is 12.9. The summed E-state index contributed by atoms with van der Waals surface area (Å²) in [5.74, 6) is 0.310. The minimum absolute atomic E-state index is 0.266. The first kappa shape index (κ1) is 13.5. The maximum Gasteiger partial charge on any atom is 0.115 e. The molecule has 0 fully saturated rings. The molecule has 2 aromatic carbocycles. The van der Waals surface area contributed by atoms with E-state index < -0.39 is 0 Å². The van der Waals surface area contributed by atoms with Gasteiger partial charge in [0.25, 0.3) is 0 Å². The van der Waals surface area contributed by atoms with Crippen molar-refractivity contribution in [2.75, 3.05) is 5.32 Å². The van der Waals surface area contributed by atoms with E-state index in [1.807, 2.05) is 12.1 Å². The maximum atomic E-state index is 9.36. The standard InChI is InChI=1S/C17H21NO/c1-4-16(14-6-8-15(19)9-7-14)18-17-10-5-12(2)11-13(17)3/h5-11,16,18-19H,4H2,1-3H3. The summed E-state index contributed by atoms with van der Waals surface area (Å²) in [5.41, 5.74) is 4.91. The lowest BCUT2D eigenvalue weighted by Crippen LogP contribution is -2.10. The molecule has 0 aliphatic rings. The van der Waals surface area contributed by atoms with Gasteiger partial charge in [0.2, 0.25) is 0 Å². The Balaban J connectivity index is 2.21. The molecule has 0 heterocycles. The van der Waals surface area contributed by atoms with E-state index in [4.69, 9.17) is 0 Å². The maximum absolute atomic E-state index is 9.36.